The van der Waals surface area contributed by atoms with Crippen molar-refractivity contribution in [3.05, 3.63) is 94.5 Å². The molecule has 0 saturated heterocycles. The van der Waals surface area contributed by atoms with Crippen LogP contribution < -0.4 is 9.62 Å². The maximum absolute atomic E-state index is 14.0. The highest BCUT2D eigenvalue weighted by molar-refractivity contribution is 7.92. The molecule has 1 atom stereocenters. The maximum atomic E-state index is 14.0. The zero-order valence-electron chi connectivity index (χ0n) is 23.2. The van der Waals surface area contributed by atoms with Gasteiger partial charge in [0.2, 0.25) is 11.8 Å². The van der Waals surface area contributed by atoms with Gasteiger partial charge in [-0.2, -0.15) is 0 Å². The summed E-state index contributed by atoms with van der Waals surface area (Å²) in [5.74, 6) is -0.856. The van der Waals surface area contributed by atoms with Crippen molar-refractivity contribution in [1.82, 2.24) is 10.2 Å². The third-order valence-electron chi connectivity index (χ3n) is 6.26. The Kier molecular flexibility index (Phi) is 9.46. The number of nitrogens with zero attached hydrogens (tertiary/aromatic N) is 2. The van der Waals surface area contributed by atoms with Gasteiger partial charge in [0.15, 0.2) is 0 Å². The van der Waals surface area contributed by atoms with Crippen LogP contribution in [-0.4, -0.2) is 43.3 Å². The summed E-state index contributed by atoms with van der Waals surface area (Å²) in [5.41, 5.74) is 2.19. The van der Waals surface area contributed by atoms with Gasteiger partial charge in [-0.05, 0) is 76.9 Å². The molecule has 0 bridgehead atoms. The van der Waals surface area contributed by atoms with Crippen molar-refractivity contribution in [3.8, 4) is 0 Å². The van der Waals surface area contributed by atoms with Crippen LogP contribution in [0.5, 0.6) is 0 Å². The van der Waals surface area contributed by atoms with Crippen LogP contribution in [0.25, 0.3) is 0 Å². The van der Waals surface area contributed by atoms with Crippen molar-refractivity contribution >= 4 is 39.1 Å². The summed E-state index contributed by atoms with van der Waals surface area (Å²) >= 11 is 6.36. The van der Waals surface area contributed by atoms with E-state index in [0.717, 1.165) is 15.4 Å². The molecule has 0 saturated carbocycles. The van der Waals surface area contributed by atoms with Gasteiger partial charge in [0.25, 0.3) is 10.0 Å². The molecule has 208 valence electrons. The molecule has 0 spiro atoms. The number of hydrogen-bond acceptors (Lipinski definition) is 4. The van der Waals surface area contributed by atoms with Gasteiger partial charge in [0, 0.05) is 17.1 Å². The summed E-state index contributed by atoms with van der Waals surface area (Å²) in [6.45, 7) is 10.5. The number of amides is 2. The Hall–Kier alpha value is -3.36. The SMILES string of the molecule is Cc1ccc(CN(C(=O)CN(c2cccc(Cl)c2C)S(=O)(=O)c2ccccc2)[C@@H](C)C(=O)NC(C)(C)C)cc1. The summed E-state index contributed by atoms with van der Waals surface area (Å²) in [5, 5.41) is 3.30. The van der Waals surface area contributed by atoms with E-state index >= 15 is 0 Å². The van der Waals surface area contributed by atoms with Crippen LogP contribution in [0.1, 0.15) is 44.4 Å². The van der Waals surface area contributed by atoms with Gasteiger partial charge in [0.05, 0.1) is 10.6 Å². The summed E-state index contributed by atoms with van der Waals surface area (Å²) in [6.07, 6.45) is 0. The summed E-state index contributed by atoms with van der Waals surface area (Å²) in [7, 11) is -4.15. The van der Waals surface area contributed by atoms with E-state index in [1.165, 1.54) is 17.0 Å². The highest BCUT2D eigenvalue weighted by atomic mass is 35.5. The average molecular weight is 570 g/mol. The largest absolute Gasteiger partial charge is 0.350 e. The lowest BCUT2D eigenvalue weighted by Crippen LogP contribution is -2.54. The first-order valence-corrected chi connectivity index (χ1v) is 14.5. The number of carbonyl (C=O) groups is 2. The minimum absolute atomic E-state index is 0.0424. The molecule has 0 aliphatic carbocycles. The predicted octanol–water partition coefficient (Wildman–Crippen LogP) is 5.48. The van der Waals surface area contributed by atoms with Crippen LogP contribution >= 0.6 is 11.6 Å². The zero-order chi connectivity index (χ0) is 29.0. The van der Waals surface area contributed by atoms with Crippen LogP contribution in [0.2, 0.25) is 5.02 Å². The fraction of sp³-hybridized carbons (Fsp3) is 0.333. The topological polar surface area (TPSA) is 86.8 Å². The van der Waals surface area contributed by atoms with Gasteiger partial charge in [0.1, 0.15) is 12.6 Å². The fourth-order valence-corrected chi connectivity index (χ4v) is 5.71. The van der Waals surface area contributed by atoms with Crippen molar-refractivity contribution in [3.63, 3.8) is 0 Å². The zero-order valence-corrected chi connectivity index (χ0v) is 24.8. The molecule has 3 aromatic carbocycles. The molecule has 0 aromatic heterocycles. The first kappa shape index (κ1) is 30.2. The van der Waals surface area contributed by atoms with E-state index < -0.39 is 34.1 Å². The van der Waals surface area contributed by atoms with Crippen molar-refractivity contribution in [2.45, 2.75) is 64.6 Å². The van der Waals surface area contributed by atoms with E-state index in [1.807, 2.05) is 52.0 Å². The second-order valence-corrected chi connectivity index (χ2v) is 12.9. The number of halogens is 1. The normalized spacial score (nSPS) is 12.5. The highest BCUT2D eigenvalue weighted by Crippen LogP contribution is 2.31. The second kappa shape index (κ2) is 12.2. The lowest BCUT2D eigenvalue weighted by Gasteiger charge is -2.34. The third kappa shape index (κ3) is 7.61. The third-order valence-corrected chi connectivity index (χ3v) is 8.44. The fourth-order valence-electron chi connectivity index (χ4n) is 4.05. The van der Waals surface area contributed by atoms with E-state index in [-0.39, 0.29) is 17.3 Å². The number of rotatable bonds is 9. The highest BCUT2D eigenvalue weighted by Gasteiger charge is 2.34. The van der Waals surface area contributed by atoms with Crippen molar-refractivity contribution < 1.29 is 18.0 Å². The molecule has 0 aliphatic heterocycles. The second-order valence-electron chi connectivity index (χ2n) is 10.6. The average Bonchev–Trinajstić information content (AvgIpc) is 2.87. The minimum Gasteiger partial charge on any atom is -0.350 e. The number of carbonyl (C=O) groups excluding carboxylic acids is 2. The van der Waals surface area contributed by atoms with Gasteiger partial charge >= 0.3 is 0 Å². The Morgan fingerprint density at radius 3 is 2.13 bits per heavy atom. The summed E-state index contributed by atoms with van der Waals surface area (Å²) in [4.78, 5) is 28.6. The molecule has 39 heavy (non-hydrogen) atoms. The molecule has 0 unspecified atom stereocenters. The summed E-state index contributed by atoms with van der Waals surface area (Å²) < 4.78 is 28.8. The van der Waals surface area contributed by atoms with Gasteiger partial charge in [-0.25, -0.2) is 8.42 Å². The van der Waals surface area contributed by atoms with Crippen LogP contribution in [0.4, 0.5) is 5.69 Å². The lowest BCUT2D eigenvalue weighted by atomic mass is 10.1. The molecule has 9 heteroatoms. The molecular weight excluding hydrogens is 534 g/mol. The number of aryl methyl sites for hydroxylation is 1. The molecule has 3 rings (SSSR count). The van der Waals surface area contributed by atoms with Crippen LogP contribution in [0, 0.1) is 13.8 Å². The Morgan fingerprint density at radius 1 is 0.923 bits per heavy atom. The smallest absolute Gasteiger partial charge is 0.264 e. The minimum atomic E-state index is -4.15. The van der Waals surface area contributed by atoms with Crippen molar-refractivity contribution in [2.24, 2.45) is 0 Å². The molecule has 0 aliphatic rings. The van der Waals surface area contributed by atoms with E-state index in [9.17, 15) is 18.0 Å². The molecule has 2 amide bonds. The molecule has 7 nitrogen and oxygen atoms in total. The van der Waals surface area contributed by atoms with E-state index in [1.54, 1.807) is 50.2 Å². The van der Waals surface area contributed by atoms with Crippen molar-refractivity contribution in [2.75, 3.05) is 10.8 Å². The molecule has 0 heterocycles. The predicted molar refractivity (Wildman–Crippen MR) is 156 cm³/mol. The molecule has 3 aromatic rings. The summed E-state index contributed by atoms with van der Waals surface area (Å²) in [6, 6.07) is 19.6. The first-order chi connectivity index (χ1) is 18.2. The molecule has 0 fully saturated rings. The van der Waals surface area contributed by atoms with E-state index in [4.69, 9.17) is 11.6 Å². The number of anilines is 1. The monoisotopic (exact) mass is 569 g/mol. The maximum Gasteiger partial charge on any atom is 0.264 e. The quantitative estimate of drug-likeness (QED) is 0.369. The Labute approximate surface area is 236 Å². The van der Waals surface area contributed by atoms with Crippen LogP contribution in [-0.2, 0) is 26.2 Å². The lowest BCUT2D eigenvalue weighted by molar-refractivity contribution is -0.140. The van der Waals surface area contributed by atoms with Crippen LogP contribution in [0.3, 0.4) is 0 Å². The Balaban J connectivity index is 2.06. The standard InChI is InChI=1S/C30H36ClN3O4S/c1-21-15-17-24(18-16-21)19-33(23(3)29(36)32-30(4,5)6)28(35)20-34(27-14-10-13-26(31)22(27)2)39(37,38)25-11-8-7-9-12-25/h7-18,23H,19-20H2,1-6H3,(H,32,36)/t23-/m0/s1. The number of nitrogens with one attached hydrogen (secondary N) is 1. The number of hydrogen-bond donors (Lipinski definition) is 1. The molecule has 1 N–H and O–H groups in total. The molecular formula is C30H36ClN3O4S. The number of sulfonamides is 1. The Bertz CT molecular complexity index is 1420. The van der Waals surface area contributed by atoms with Gasteiger partial charge in [-0.3, -0.25) is 13.9 Å². The number of benzene rings is 3. The molecule has 0 radical (unpaired) electrons. The van der Waals surface area contributed by atoms with E-state index in [0.29, 0.717) is 16.3 Å². The van der Waals surface area contributed by atoms with Gasteiger partial charge in [-0.15, -0.1) is 0 Å². The first-order valence-electron chi connectivity index (χ1n) is 12.7. The van der Waals surface area contributed by atoms with E-state index in [2.05, 4.69) is 5.32 Å². The Morgan fingerprint density at radius 2 is 1.54 bits per heavy atom. The van der Waals surface area contributed by atoms with Crippen molar-refractivity contribution in [1.29, 1.82) is 0 Å². The van der Waals surface area contributed by atoms with Gasteiger partial charge in [-0.1, -0.05) is 65.7 Å². The van der Waals surface area contributed by atoms with Gasteiger partial charge < -0.3 is 10.2 Å². The van der Waals surface area contributed by atoms with Crippen LogP contribution in [0.15, 0.2) is 77.7 Å².